The maximum atomic E-state index is 11.1. The largest absolute Gasteiger partial charge is 0.464 e. The Labute approximate surface area is 87.7 Å². The summed E-state index contributed by atoms with van der Waals surface area (Å²) in [7, 11) is 0. The molecule has 76 valence electrons. The first-order chi connectivity index (χ1) is 5.77. The van der Waals surface area contributed by atoms with Crippen molar-refractivity contribution in [3.05, 3.63) is 0 Å². The molecule has 1 aliphatic rings. The van der Waals surface area contributed by atoms with Crippen LogP contribution in [-0.4, -0.2) is 36.0 Å². The lowest BCUT2D eigenvalue weighted by atomic mass is 10.3. The van der Waals surface area contributed by atoms with Gasteiger partial charge in [0, 0.05) is 12.3 Å². The molecule has 0 radical (unpaired) electrons. The molecule has 13 heavy (non-hydrogen) atoms. The Morgan fingerprint density at radius 3 is 3.00 bits per heavy atom. The van der Waals surface area contributed by atoms with Gasteiger partial charge in [-0.15, -0.1) is 24.2 Å². The van der Waals surface area contributed by atoms with Crippen LogP contribution in [0.3, 0.4) is 0 Å². The van der Waals surface area contributed by atoms with E-state index in [0.717, 1.165) is 5.04 Å². The van der Waals surface area contributed by atoms with Crippen molar-refractivity contribution in [3.8, 4) is 0 Å². The highest BCUT2D eigenvalue weighted by Gasteiger charge is 2.24. The monoisotopic (exact) mass is 224 g/mol. The van der Waals surface area contributed by atoms with E-state index < -0.39 is 0 Å². The fourth-order valence-corrected chi connectivity index (χ4v) is 1.77. The van der Waals surface area contributed by atoms with E-state index in [1.54, 1.807) is 6.92 Å². The van der Waals surface area contributed by atoms with E-state index in [0.29, 0.717) is 18.9 Å². The minimum Gasteiger partial charge on any atom is -0.464 e. The molecule has 6 heteroatoms. The predicted octanol–water partition coefficient (Wildman–Crippen LogP) is 0.444. The molecule has 0 saturated carbocycles. The number of esters is 1. The van der Waals surface area contributed by atoms with Gasteiger partial charge in [0.2, 0.25) is 0 Å². The van der Waals surface area contributed by atoms with E-state index in [9.17, 15) is 4.79 Å². The number of carbonyl (C=O) groups excluding carboxylic acids is 1. The van der Waals surface area contributed by atoms with Crippen molar-refractivity contribution >= 4 is 35.2 Å². The highest BCUT2D eigenvalue weighted by Crippen LogP contribution is 2.17. The number of halogens is 1. The Bertz CT molecular complexity index is 211. The van der Waals surface area contributed by atoms with Crippen LogP contribution in [0.1, 0.15) is 6.92 Å². The van der Waals surface area contributed by atoms with Crippen molar-refractivity contribution in [2.75, 3.05) is 18.9 Å². The van der Waals surface area contributed by atoms with E-state index in [-0.39, 0.29) is 24.4 Å². The Morgan fingerprint density at radius 1 is 1.85 bits per heavy atom. The van der Waals surface area contributed by atoms with Crippen molar-refractivity contribution in [1.82, 2.24) is 0 Å². The van der Waals surface area contributed by atoms with Crippen LogP contribution in [0.5, 0.6) is 0 Å². The van der Waals surface area contributed by atoms with Crippen LogP contribution >= 0.6 is 24.2 Å². The van der Waals surface area contributed by atoms with Crippen molar-refractivity contribution in [1.29, 1.82) is 0 Å². The molecule has 1 rings (SSSR count). The summed E-state index contributed by atoms with van der Waals surface area (Å²) in [6, 6.07) is -0.325. The molecular formula is C7H13ClN2O2S. The molecule has 0 fully saturated rings. The first-order valence-electron chi connectivity index (χ1n) is 3.84. The standard InChI is InChI=1S/C7H12N2O2S.ClH/c1-2-11-7(10)5-4-12-6(3-8)9-5;/h5H,2-4,8H2,1H3;1H. The summed E-state index contributed by atoms with van der Waals surface area (Å²) in [5.41, 5.74) is 5.37. The fraction of sp³-hybridized carbons (Fsp3) is 0.714. The van der Waals surface area contributed by atoms with Crippen molar-refractivity contribution < 1.29 is 9.53 Å². The molecule has 0 spiro atoms. The van der Waals surface area contributed by atoms with Gasteiger partial charge in [-0.3, -0.25) is 4.99 Å². The molecular weight excluding hydrogens is 212 g/mol. The smallest absolute Gasteiger partial charge is 0.331 e. The lowest BCUT2D eigenvalue weighted by Crippen LogP contribution is -2.21. The third-order valence-corrected chi connectivity index (χ3v) is 2.53. The van der Waals surface area contributed by atoms with E-state index in [1.807, 2.05) is 0 Å². The third kappa shape index (κ3) is 3.54. The summed E-state index contributed by atoms with van der Waals surface area (Å²) in [5, 5.41) is 0.841. The van der Waals surface area contributed by atoms with E-state index >= 15 is 0 Å². The van der Waals surface area contributed by atoms with Gasteiger partial charge in [0.15, 0.2) is 6.04 Å². The second-order valence-electron chi connectivity index (χ2n) is 2.31. The summed E-state index contributed by atoms with van der Waals surface area (Å²) in [5.74, 6) is 0.430. The normalized spacial score (nSPS) is 20.5. The molecule has 0 aromatic carbocycles. The molecule has 1 atom stereocenters. The van der Waals surface area contributed by atoms with E-state index in [2.05, 4.69) is 4.99 Å². The summed E-state index contributed by atoms with van der Waals surface area (Å²) < 4.78 is 4.82. The SMILES string of the molecule is CCOC(=O)C1CSC(CN)=N1.Cl. The zero-order chi connectivity index (χ0) is 8.97. The van der Waals surface area contributed by atoms with Crippen LogP contribution in [0.2, 0.25) is 0 Å². The quantitative estimate of drug-likeness (QED) is 0.707. The lowest BCUT2D eigenvalue weighted by Gasteiger charge is -2.03. The van der Waals surface area contributed by atoms with Gasteiger partial charge >= 0.3 is 5.97 Å². The number of aliphatic imine (C=N–C) groups is 1. The van der Waals surface area contributed by atoms with Crippen LogP contribution in [0.15, 0.2) is 4.99 Å². The third-order valence-electron chi connectivity index (χ3n) is 1.44. The molecule has 1 unspecified atom stereocenters. The van der Waals surface area contributed by atoms with Crippen molar-refractivity contribution in [3.63, 3.8) is 0 Å². The molecule has 1 aliphatic heterocycles. The molecule has 0 amide bonds. The van der Waals surface area contributed by atoms with Gasteiger partial charge in [0.1, 0.15) is 0 Å². The second kappa shape index (κ2) is 6.23. The van der Waals surface area contributed by atoms with Gasteiger partial charge in [-0.05, 0) is 6.92 Å². The minimum atomic E-state index is -0.325. The van der Waals surface area contributed by atoms with Gasteiger partial charge < -0.3 is 10.5 Å². The van der Waals surface area contributed by atoms with E-state index in [4.69, 9.17) is 10.5 Å². The molecule has 0 aliphatic carbocycles. The summed E-state index contributed by atoms with van der Waals surface area (Å²) >= 11 is 1.53. The highest BCUT2D eigenvalue weighted by molar-refractivity contribution is 8.14. The van der Waals surface area contributed by atoms with Gasteiger partial charge in [0.05, 0.1) is 11.7 Å². The highest BCUT2D eigenvalue weighted by atomic mass is 35.5. The Kier molecular flexibility index (Phi) is 6.11. The molecule has 0 aromatic heterocycles. The number of nitrogens with two attached hydrogens (primary N) is 1. The topological polar surface area (TPSA) is 64.7 Å². The van der Waals surface area contributed by atoms with Gasteiger partial charge in [-0.2, -0.15) is 0 Å². The Hall–Kier alpha value is -0.260. The predicted molar refractivity (Wildman–Crippen MR) is 56.6 cm³/mol. The Morgan fingerprint density at radius 2 is 2.54 bits per heavy atom. The van der Waals surface area contributed by atoms with Crippen LogP contribution in [0.25, 0.3) is 0 Å². The minimum absolute atomic E-state index is 0. The number of thioether (sulfide) groups is 1. The lowest BCUT2D eigenvalue weighted by molar-refractivity contribution is -0.143. The van der Waals surface area contributed by atoms with Gasteiger partial charge in [-0.1, -0.05) is 0 Å². The number of carbonyl (C=O) groups is 1. The van der Waals surface area contributed by atoms with Gasteiger partial charge in [0.25, 0.3) is 0 Å². The average molecular weight is 225 g/mol. The fourth-order valence-electron chi connectivity index (χ4n) is 0.894. The summed E-state index contributed by atoms with van der Waals surface area (Å²) in [4.78, 5) is 15.2. The maximum absolute atomic E-state index is 11.1. The van der Waals surface area contributed by atoms with Crippen molar-refractivity contribution in [2.24, 2.45) is 10.7 Å². The zero-order valence-electron chi connectivity index (χ0n) is 7.36. The maximum Gasteiger partial charge on any atom is 0.331 e. The van der Waals surface area contributed by atoms with Crippen LogP contribution in [0, 0.1) is 0 Å². The molecule has 1 heterocycles. The molecule has 0 aromatic rings. The first kappa shape index (κ1) is 12.7. The molecule has 2 N–H and O–H groups in total. The number of nitrogens with zero attached hydrogens (tertiary/aromatic N) is 1. The van der Waals surface area contributed by atoms with Crippen LogP contribution < -0.4 is 5.73 Å². The summed E-state index contributed by atoms with van der Waals surface area (Å²) in [6.07, 6.45) is 0. The second-order valence-corrected chi connectivity index (χ2v) is 3.40. The number of ether oxygens (including phenoxy) is 1. The van der Waals surface area contributed by atoms with Crippen LogP contribution in [-0.2, 0) is 9.53 Å². The molecule has 4 nitrogen and oxygen atoms in total. The average Bonchev–Trinajstić information content (AvgIpc) is 2.52. The Balaban J connectivity index is 0.00000144. The zero-order valence-corrected chi connectivity index (χ0v) is 8.99. The molecule has 0 saturated heterocycles. The van der Waals surface area contributed by atoms with Gasteiger partial charge in [-0.25, -0.2) is 4.79 Å². The van der Waals surface area contributed by atoms with Crippen LogP contribution in [0.4, 0.5) is 0 Å². The number of hydrogen-bond donors (Lipinski definition) is 1. The summed E-state index contributed by atoms with van der Waals surface area (Å²) in [6.45, 7) is 2.61. The van der Waals surface area contributed by atoms with E-state index in [1.165, 1.54) is 11.8 Å². The van der Waals surface area contributed by atoms with Crippen molar-refractivity contribution in [2.45, 2.75) is 13.0 Å². The number of hydrogen-bond acceptors (Lipinski definition) is 5. The molecule has 0 bridgehead atoms. The number of rotatable bonds is 3. The first-order valence-corrected chi connectivity index (χ1v) is 4.82.